The maximum atomic E-state index is 12.8. The van der Waals surface area contributed by atoms with E-state index in [0.29, 0.717) is 27.6 Å². The zero-order valence-corrected chi connectivity index (χ0v) is 16.8. The van der Waals surface area contributed by atoms with Gasteiger partial charge in [0.15, 0.2) is 5.16 Å². The molecule has 0 aliphatic heterocycles. The zero-order chi connectivity index (χ0) is 18.8. The minimum absolute atomic E-state index is 0.0889. The highest BCUT2D eigenvalue weighted by molar-refractivity contribution is 7.99. The van der Waals surface area contributed by atoms with E-state index in [1.165, 1.54) is 11.8 Å². The van der Waals surface area contributed by atoms with Gasteiger partial charge in [0.2, 0.25) is 5.91 Å². The van der Waals surface area contributed by atoms with E-state index in [1.807, 2.05) is 34.6 Å². The number of aromatic nitrogens is 2. The van der Waals surface area contributed by atoms with E-state index >= 15 is 0 Å². The molecule has 0 unspecified atom stereocenters. The number of hydrogen-bond acceptors (Lipinski definition) is 4. The molecule has 1 aromatic heterocycles. The number of amides is 1. The van der Waals surface area contributed by atoms with E-state index in [4.69, 9.17) is 11.6 Å². The maximum Gasteiger partial charge on any atom is 0.262 e. The number of fused-ring (bicyclic) bond motifs is 1. The van der Waals surface area contributed by atoms with Crippen molar-refractivity contribution in [3.8, 4) is 0 Å². The Kier molecular flexibility index (Phi) is 6.16. The average Bonchev–Trinajstić information content (AvgIpc) is 2.46. The summed E-state index contributed by atoms with van der Waals surface area (Å²) < 4.78 is 1.65. The summed E-state index contributed by atoms with van der Waals surface area (Å²) >= 11 is 7.30. The quantitative estimate of drug-likeness (QED) is 0.633. The van der Waals surface area contributed by atoms with Crippen molar-refractivity contribution in [2.24, 2.45) is 5.92 Å². The van der Waals surface area contributed by atoms with Crippen molar-refractivity contribution in [2.45, 2.75) is 51.9 Å². The van der Waals surface area contributed by atoms with Crippen LogP contribution in [0.3, 0.4) is 0 Å². The molecule has 0 fully saturated rings. The molecule has 2 aromatic rings. The minimum Gasteiger partial charge on any atom is -0.351 e. The molecule has 0 aliphatic carbocycles. The number of nitrogens with one attached hydrogen (secondary N) is 1. The summed E-state index contributed by atoms with van der Waals surface area (Å²) in [5, 5.41) is 4.52. The summed E-state index contributed by atoms with van der Waals surface area (Å²) in [4.78, 5) is 29.5. The molecule has 0 radical (unpaired) electrons. The first-order valence-electron chi connectivity index (χ1n) is 8.21. The fourth-order valence-corrected chi connectivity index (χ4v) is 3.37. The normalized spacial score (nSPS) is 12.0. The molecule has 0 atom stereocenters. The lowest BCUT2D eigenvalue weighted by molar-refractivity contribution is -0.119. The highest BCUT2D eigenvalue weighted by Crippen LogP contribution is 2.21. The van der Waals surface area contributed by atoms with Crippen molar-refractivity contribution in [1.29, 1.82) is 0 Å². The van der Waals surface area contributed by atoms with Crippen LogP contribution in [-0.2, 0) is 11.3 Å². The standard InChI is InChI=1S/C18H24ClN3O2S/c1-11(2)9-22-16(24)13-7-6-12(19)8-14(13)20-17(22)25-10-15(23)21-18(3,4)5/h6-8,11H,9-10H2,1-5H3,(H,21,23). The van der Waals surface area contributed by atoms with Crippen LogP contribution in [0.2, 0.25) is 5.02 Å². The third kappa shape index (κ3) is 5.47. The van der Waals surface area contributed by atoms with Gasteiger partial charge < -0.3 is 5.32 Å². The van der Waals surface area contributed by atoms with Crippen LogP contribution < -0.4 is 10.9 Å². The van der Waals surface area contributed by atoms with Crippen LogP contribution in [0.5, 0.6) is 0 Å². The summed E-state index contributed by atoms with van der Waals surface area (Å²) in [6.45, 7) is 10.4. The van der Waals surface area contributed by atoms with Crippen molar-refractivity contribution in [1.82, 2.24) is 14.9 Å². The Balaban J connectivity index is 2.39. The van der Waals surface area contributed by atoms with E-state index in [9.17, 15) is 9.59 Å². The fraction of sp³-hybridized carbons (Fsp3) is 0.500. The number of thioether (sulfide) groups is 1. The van der Waals surface area contributed by atoms with Gasteiger partial charge in [-0.3, -0.25) is 14.2 Å². The third-order valence-electron chi connectivity index (χ3n) is 3.28. The minimum atomic E-state index is -0.292. The monoisotopic (exact) mass is 381 g/mol. The van der Waals surface area contributed by atoms with Crippen molar-refractivity contribution in [2.75, 3.05) is 5.75 Å². The van der Waals surface area contributed by atoms with Crippen molar-refractivity contribution in [3.63, 3.8) is 0 Å². The lowest BCUT2D eigenvalue weighted by Crippen LogP contribution is -2.41. The first-order valence-corrected chi connectivity index (χ1v) is 9.57. The van der Waals surface area contributed by atoms with Gasteiger partial charge in [-0.1, -0.05) is 37.2 Å². The van der Waals surface area contributed by atoms with E-state index in [2.05, 4.69) is 10.3 Å². The fourth-order valence-electron chi connectivity index (χ4n) is 2.39. The van der Waals surface area contributed by atoms with E-state index in [1.54, 1.807) is 22.8 Å². The van der Waals surface area contributed by atoms with Crippen molar-refractivity contribution in [3.05, 3.63) is 33.6 Å². The van der Waals surface area contributed by atoms with E-state index in [0.717, 1.165) is 0 Å². The summed E-state index contributed by atoms with van der Waals surface area (Å²) in [6, 6.07) is 5.07. The second kappa shape index (κ2) is 7.79. The summed E-state index contributed by atoms with van der Waals surface area (Å²) in [5.41, 5.74) is 0.157. The largest absolute Gasteiger partial charge is 0.351 e. The third-order valence-corrected chi connectivity index (χ3v) is 4.49. The molecule has 0 aliphatic rings. The Hall–Kier alpha value is -1.53. The van der Waals surface area contributed by atoms with Crippen LogP contribution in [0, 0.1) is 5.92 Å². The number of rotatable bonds is 5. The molecule has 0 saturated heterocycles. The number of hydrogen-bond donors (Lipinski definition) is 1. The summed E-state index contributed by atoms with van der Waals surface area (Å²) in [7, 11) is 0. The Morgan fingerprint density at radius 3 is 2.64 bits per heavy atom. The average molecular weight is 382 g/mol. The number of nitrogens with zero attached hydrogens (tertiary/aromatic N) is 2. The van der Waals surface area contributed by atoms with Crippen LogP contribution >= 0.6 is 23.4 Å². The Bertz CT molecular complexity index is 841. The van der Waals surface area contributed by atoms with Crippen LogP contribution in [0.1, 0.15) is 34.6 Å². The lowest BCUT2D eigenvalue weighted by Gasteiger charge is -2.20. The van der Waals surface area contributed by atoms with Gasteiger partial charge in [0.05, 0.1) is 16.7 Å². The van der Waals surface area contributed by atoms with Crippen LogP contribution in [-0.4, -0.2) is 26.8 Å². The molecule has 2 rings (SSSR count). The highest BCUT2D eigenvalue weighted by atomic mass is 35.5. The number of carbonyl (C=O) groups excluding carboxylic acids is 1. The molecule has 0 bridgehead atoms. The van der Waals surface area contributed by atoms with Gasteiger partial charge in [-0.25, -0.2) is 4.98 Å². The topological polar surface area (TPSA) is 64.0 Å². The van der Waals surface area contributed by atoms with Crippen molar-refractivity contribution >= 4 is 40.2 Å². The summed E-state index contributed by atoms with van der Waals surface area (Å²) in [5.74, 6) is 0.398. The molecule has 5 nitrogen and oxygen atoms in total. The van der Waals surface area contributed by atoms with Gasteiger partial charge in [-0.05, 0) is 44.9 Å². The summed E-state index contributed by atoms with van der Waals surface area (Å²) in [6.07, 6.45) is 0. The van der Waals surface area contributed by atoms with Crippen LogP contribution in [0.15, 0.2) is 28.2 Å². The van der Waals surface area contributed by atoms with E-state index in [-0.39, 0.29) is 28.7 Å². The molecule has 1 amide bonds. The maximum absolute atomic E-state index is 12.8. The Morgan fingerprint density at radius 1 is 1.36 bits per heavy atom. The van der Waals surface area contributed by atoms with Gasteiger partial charge in [0, 0.05) is 17.1 Å². The van der Waals surface area contributed by atoms with Gasteiger partial charge in [0.25, 0.3) is 5.56 Å². The molecule has 1 heterocycles. The SMILES string of the molecule is CC(C)Cn1c(SCC(=O)NC(C)(C)C)nc2cc(Cl)ccc2c1=O. The van der Waals surface area contributed by atoms with Crippen LogP contribution in [0.4, 0.5) is 0 Å². The Labute approximate surface area is 157 Å². The van der Waals surface area contributed by atoms with Gasteiger partial charge in [-0.2, -0.15) is 0 Å². The lowest BCUT2D eigenvalue weighted by atomic mass is 10.1. The van der Waals surface area contributed by atoms with Crippen molar-refractivity contribution < 1.29 is 4.79 Å². The molecule has 0 spiro atoms. The molecule has 136 valence electrons. The molecule has 25 heavy (non-hydrogen) atoms. The molecule has 1 aromatic carbocycles. The van der Waals surface area contributed by atoms with E-state index < -0.39 is 0 Å². The molecular weight excluding hydrogens is 358 g/mol. The smallest absolute Gasteiger partial charge is 0.262 e. The Morgan fingerprint density at radius 2 is 2.04 bits per heavy atom. The molecular formula is C18H24ClN3O2S. The first-order chi connectivity index (χ1) is 11.6. The molecule has 1 N–H and O–H groups in total. The number of carbonyl (C=O) groups is 1. The predicted molar refractivity (Wildman–Crippen MR) is 104 cm³/mol. The number of benzene rings is 1. The van der Waals surface area contributed by atoms with Gasteiger partial charge in [-0.15, -0.1) is 0 Å². The highest BCUT2D eigenvalue weighted by Gasteiger charge is 2.17. The first kappa shape index (κ1) is 19.8. The number of halogens is 1. The zero-order valence-electron chi connectivity index (χ0n) is 15.2. The molecule has 0 saturated carbocycles. The second-order valence-corrected chi connectivity index (χ2v) is 8.83. The second-order valence-electron chi connectivity index (χ2n) is 7.45. The predicted octanol–water partition coefficient (Wildman–Crippen LogP) is 3.71. The van der Waals surface area contributed by atoms with Crippen LogP contribution in [0.25, 0.3) is 10.9 Å². The van der Waals surface area contributed by atoms with Gasteiger partial charge in [0.1, 0.15) is 0 Å². The molecule has 7 heteroatoms. The van der Waals surface area contributed by atoms with Gasteiger partial charge >= 0.3 is 0 Å².